The minimum Gasteiger partial charge on any atom is -0.338 e. The van der Waals surface area contributed by atoms with Crippen molar-refractivity contribution in [2.45, 2.75) is 6.42 Å². The van der Waals surface area contributed by atoms with E-state index in [9.17, 15) is 9.59 Å². The molecule has 1 atom stereocenters. The average Bonchev–Trinajstić information content (AvgIpc) is 3.16. The van der Waals surface area contributed by atoms with Gasteiger partial charge in [-0.05, 0) is 37.1 Å². The first kappa shape index (κ1) is 17.8. The molecule has 3 rings (SSSR count). The van der Waals surface area contributed by atoms with Crippen molar-refractivity contribution < 1.29 is 9.59 Å². The highest BCUT2D eigenvalue weighted by Crippen LogP contribution is 2.29. The molecule has 0 saturated carbocycles. The summed E-state index contributed by atoms with van der Waals surface area (Å²) in [4.78, 5) is 27.8. The van der Waals surface area contributed by atoms with Crippen LogP contribution in [-0.4, -0.2) is 49.6 Å². The lowest BCUT2D eigenvalue weighted by molar-refractivity contribution is 0.0787. The number of carbonyl (C=O) groups is 2. The number of anilines is 1. The van der Waals surface area contributed by atoms with Gasteiger partial charge in [0.25, 0.3) is 5.91 Å². The smallest absolute Gasteiger partial charge is 0.322 e. The van der Waals surface area contributed by atoms with E-state index in [-0.39, 0.29) is 24.3 Å². The summed E-state index contributed by atoms with van der Waals surface area (Å²) in [6.07, 6.45) is 0.942. The van der Waals surface area contributed by atoms with Gasteiger partial charge in [0.05, 0.1) is 10.7 Å². The minimum absolute atomic E-state index is 0. The number of halogens is 2. The van der Waals surface area contributed by atoms with Gasteiger partial charge in [0.2, 0.25) is 0 Å². The van der Waals surface area contributed by atoms with Gasteiger partial charge in [-0.1, -0.05) is 11.6 Å². The van der Waals surface area contributed by atoms with Crippen LogP contribution in [0.15, 0.2) is 18.2 Å². The molecule has 8 heteroatoms. The number of amides is 3. The van der Waals surface area contributed by atoms with Gasteiger partial charge in [0, 0.05) is 31.7 Å². The normalized spacial score (nSPS) is 20.4. The van der Waals surface area contributed by atoms with Crippen LogP contribution in [-0.2, 0) is 0 Å². The number of nitrogens with one attached hydrogen (secondary N) is 1. The summed E-state index contributed by atoms with van der Waals surface area (Å²) in [5.41, 5.74) is 6.80. The maximum absolute atomic E-state index is 12.6. The molecule has 2 aliphatic heterocycles. The number of urea groups is 1. The fourth-order valence-electron chi connectivity index (χ4n) is 2.95. The molecule has 0 radical (unpaired) electrons. The van der Waals surface area contributed by atoms with E-state index >= 15 is 0 Å². The van der Waals surface area contributed by atoms with Crippen molar-refractivity contribution in [1.82, 2.24) is 10.2 Å². The number of likely N-dealkylation sites (tertiary alicyclic amines) is 1. The van der Waals surface area contributed by atoms with Crippen LogP contribution in [0.2, 0.25) is 5.02 Å². The zero-order valence-corrected chi connectivity index (χ0v) is 14.2. The van der Waals surface area contributed by atoms with E-state index < -0.39 is 0 Å². The molecular weight excluding hydrogens is 339 g/mol. The lowest BCUT2D eigenvalue weighted by atomic mass is 10.1. The Labute approximate surface area is 146 Å². The Hall–Kier alpha value is -1.50. The highest BCUT2D eigenvalue weighted by molar-refractivity contribution is 6.34. The Bertz CT molecular complexity index is 611. The quantitative estimate of drug-likeness (QED) is 0.863. The first-order valence-corrected chi connectivity index (χ1v) is 7.82. The molecule has 3 amide bonds. The van der Waals surface area contributed by atoms with Crippen molar-refractivity contribution in [3.63, 3.8) is 0 Å². The summed E-state index contributed by atoms with van der Waals surface area (Å²) in [5, 5.41) is 3.20. The van der Waals surface area contributed by atoms with E-state index in [4.69, 9.17) is 17.3 Å². The number of benzene rings is 1. The fourth-order valence-corrected chi connectivity index (χ4v) is 3.17. The van der Waals surface area contributed by atoms with Crippen molar-refractivity contribution in [3.8, 4) is 0 Å². The third kappa shape index (κ3) is 3.54. The van der Waals surface area contributed by atoms with Gasteiger partial charge >= 0.3 is 6.03 Å². The summed E-state index contributed by atoms with van der Waals surface area (Å²) in [6, 6.07) is 4.89. The Morgan fingerprint density at radius 2 is 2.17 bits per heavy atom. The third-order valence-electron chi connectivity index (χ3n) is 4.25. The minimum atomic E-state index is -0.184. The molecule has 2 saturated heterocycles. The standard InChI is InChI=1S/C15H19ClN4O2.ClH/c16-12-2-1-11(7-13(12)20-6-4-18-15(20)22)14(21)19-5-3-10(8-17)9-19;/h1-2,7,10H,3-6,8-9,17H2,(H,18,22);1H. The van der Waals surface area contributed by atoms with E-state index in [0.29, 0.717) is 48.4 Å². The van der Waals surface area contributed by atoms with Crippen LogP contribution in [0.3, 0.4) is 0 Å². The topological polar surface area (TPSA) is 78.7 Å². The molecule has 0 aliphatic carbocycles. The molecular formula is C15H20Cl2N4O2. The van der Waals surface area contributed by atoms with Crippen molar-refractivity contribution in [2.75, 3.05) is 37.6 Å². The number of carbonyl (C=O) groups excluding carboxylic acids is 2. The second-order valence-corrected chi connectivity index (χ2v) is 6.10. The first-order chi connectivity index (χ1) is 10.6. The molecule has 2 fully saturated rings. The SMILES string of the molecule is Cl.NCC1CCN(C(=O)c2ccc(Cl)c(N3CCNC3=O)c2)C1. The monoisotopic (exact) mass is 358 g/mol. The van der Waals surface area contributed by atoms with Crippen LogP contribution < -0.4 is 16.0 Å². The van der Waals surface area contributed by atoms with Crippen LogP contribution in [0.25, 0.3) is 0 Å². The predicted octanol–water partition coefficient (Wildman–Crippen LogP) is 1.71. The van der Waals surface area contributed by atoms with Gasteiger partial charge in [-0.15, -0.1) is 12.4 Å². The van der Waals surface area contributed by atoms with Gasteiger partial charge in [-0.3, -0.25) is 9.69 Å². The van der Waals surface area contributed by atoms with E-state index in [1.165, 1.54) is 0 Å². The second-order valence-electron chi connectivity index (χ2n) is 5.69. The maximum atomic E-state index is 12.6. The van der Waals surface area contributed by atoms with Gasteiger partial charge in [0.1, 0.15) is 0 Å². The molecule has 0 spiro atoms. The van der Waals surface area contributed by atoms with Gasteiger partial charge in [0.15, 0.2) is 0 Å². The molecule has 0 bridgehead atoms. The van der Waals surface area contributed by atoms with Crippen molar-refractivity contribution in [1.29, 1.82) is 0 Å². The highest BCUT2D eigenvalue weighted by Gasteiger charge is 2.28. The van der Waals surface area contributed by atoms with Crippen molar-refractivity contribution in [2.24, 2.45) is 11.7 Å². The van der Waals surface area contributed by atoms with E-state index in [0.717, 1.165) is 13.0 Å². The molecule has 126 valence electrons. The number of nitrogens with zero attached hydrogens (tertiary/aromatic N) is 2. The number of nitrogens with two attached hydrogens (primary N) is 1. The second kappa shape index (κ2) is 7.38. The first-order valence-electron chi connectivity index (χ1n) is 7.44. The van der Waals surface area contributed by atoms with Crippen molar-refractivity contribution in [3.05, 3.63) is 28.8 Å². The molecule has 1 aromatic rings. The van der Waals surface area contributed by atoms with Crippen LogP contribution in [0.5, 0.6) is 0 Å². The number of hydrogen-bond donors (Lipinski definition) is 2. The molecule has 3 N–H and O–H groups in total. The van der Waals surface area contributed by atoms with Gasteiger partial charge < -0.3 is 16.0 Å². The summed E-state index contributed by atoms with van der Waals surface area (Å²) in [7, 11) is 0. The molecule has 0 aromatic heterocycles. The lowest BCUT2D eigenvalue weighted by Gasteiger charge is -2.20. The summed E-state index contributed by atoms with van der Waals surface area (Å²) in [5.74, 6) is 0.341. The van der Waals surface area contributed by atoms with Crippen LogP contribution in [0.4, 0.5) is 10.5 Å². The summed E-state index contributed by atoms with van der Waals surface area (Å²) >= 11 is 6.19. The Morgan fingerprint density at radius 3 is 2.78 bits per heavy atom. The fraction of sp³-hybridized carbons (Fsp3) is 0.467. The molecule has 23 heavy (non-hydrogen) atoms. The average molecular weight is 359 g/mol. The van der Waals surface area contributed by atoms with Gasteiger partial charge in [-0.25, -0.2) is 4.79 Å². The molecule has 1 unspecified atom stereocenters. The number of rotatable bonds is 3. The Balaban J connectivity index is 0.00000192. The van der Waals surface area contributed by atoms with Crippen LogP contribution in [0.1, 0.15) is 16.8 Å². The zero-order chi connectivity index (χ0) is 15.7. The van der Waals surface area contributed by atoms with Crippen LogP contribution >= 0.6 is 24.0 Å². The Kier molecular flexibility index (Phi) is 5.73. The molecule has 2 heterocycles. The van der Waals surface area contributed by atoms with E-state index in [1.54, 1.807) is 23.1 Å². The number of hydrogen-bond acceptors (Lipinski definition) is 3. The van der Waals surface area contributed by atoms with Crippen molar-refractivity contribution >= 4 is 41.6 Å². The summed E-state index contributed by atoms with van der Waals surface area (Å²) < 4.78 is 0. The molecule has 1 aromatic carbocycles. The maximum Gasteiger partial charge on any atom is 0.322 e. The Morgan fingerprint density at radius 1 is 1.39 bits per heavy atom. The largest absolute Gasteiger partial charge is 0.338 e. The zero-order valence-electron chi connectivity index (χ0n) is 12.6. The highest BCUT2D eigenvalue weighted by atomic mass is 35.5. The predicted molar refractivity (Wildman–Crippen MR) is 92.5 cm³/mol. The molecule has 2 aliphatic rings. The van der Waals surface area contributed by atoms with E-state index in [1.807, 2.05) is 4.90 Å². The lowest BCUT2D eigenvalue weighted by Crippen LogP contribution is -2.31. The van der Waals surface area contributed by atoms with E-state index in [2.05, 4.69) is 5.32 Å². The summed E-state index contributed by atoms with van der Waals surface area (Å²) in [6.45, 7) is 3.15. The molecule has 6 nitrogen and oxygen atoms in total. The third-order valence-corrected chi connectivity index (χ3v) is 4.57. The van der Waals surface area contributed by atoms with Crippen LogP contribution in [0, 0.1) is 5.92 Å². The van der Waals surface area contributed by atoms with Gasteiger partial charge in [-0.2, -0.15) is 0 Å².